The van der Waals surface area contributed by atoms with Crippen molar-refractivity contribution in [2.45, 2.75) is 18.4 Å². The summed E-state index contributed by atoms with van der Waals surface area (Å²) in [5, 5.41) is 0. The van der Waals surface area contributed by atoms with Gasteiger partial charge in [-0.15, -0.1) is 24.8 Å². The molecule has 0 saturated heterocycles. The predicted molar refractivity (Wildman–Crippen MR) is 52.0 cm³/mol. The minimum Gasteiger partial charge on any atom is -0.480 e. The maximum absolute atomic E-state index is 12.8. The minimum absolute atomic E-state index is 0.549. The Balaban J connectivity index is 3.53. The third-order valence-electron chi connectivity index (χ3n) is 1.91. The van der Waals surface area contributed by atoms with Crippen LogP contribution in [0, 0.1) is 0 Å². The molecular formula is C9H6ClF6NO2. The van der Waals surface area contributed by atoms with E-state index in [2.05, 4.69) is 14.5 Å². The molecule has 19 heavy (non-hydrogen) atoms. The Morgan fingerprint density at radius 1 is 1.21 bits per heavy atom. The number of pyridine rings is 1. The van der Waals surface area contributed by atoms with Gasteiger partial charge in [0.15, 0.2) is 11.3 Å². The molecule has 0 aliphatic carbocycles. The Bertz CT molecular complexity index is 459. The second-order valence-electron chi connectivity index (χ2n) is 3.18. The summed E-state index contributed by atoms with van der Waals surface area (Å²) < 4.78 is 82.5. The van der Waals surface area contributed by atoms with Gasteiger partial charge in [-0.05, 0) is 0 Å². The lowest BCUT2D eigenvalue weighted by atomic mass is 10.1. The average molecular weight is 310 g/mol. The number of aromatic nitrogens is 1. The maximum Gasteiger partial charge on any atom is 0.573 e. The zero-order chi connectivity index (χ0) is 14.8. The van der Waals surface area contributed by atoms with Gasteiger partial charge in [0.05, 0.1) is 13.0 Å². The third kappa shape index (κ3) is 3.79. The van der Waals surface area contributed by atoms with Gasteiger partial charge in [0, 0.05) is 11.8 Å². The van der Waals surface area contributed by atoms with E-state index in [9.17, 15) is 26.3 Å². The van der Waals surface area contributed by atoms with Crippen LogP contribution in [-0.4, -0.2) is 18.5 Å². The van der Waals surface area contributed by atoms with Crippen molar-refractivity contribution >= 4 is 11.6 Å². The molecule has 108 valence electrons. The molecular weight excluding hydrogens is 304 g/mol. The van der Waals surface area contributed by atoms with Crippen LogP contribution in [0.5, 0.6) is 11.6 Å². The molecule has 0 amide bonds. The first-order chi connectivity index (χ1) is 8.60. The van der Waals surface area contributed by atoms with Gasteiger partial charge in [0.1, 0.15) is 0 Å². The number of alkyl halides is 7. The van der Waals surface area contributed by atoms with E-state index in [1.54, 1.807) is 0 Å². The highest BCUT2D eigenvalue weighted by atomic mass is 35.5. The van der Waals surface area contributed by atoms with Gasteiger partial charge in [-0.25, -0.2) is 4.98 Å². The molecule has 10 heteroatoms. The molecule has 0 bridgehead atoms. The summed E-state index contributed by atoms with van der Waals surface area (Å²) >= 11 is 5.28. The maximum atomic E-state index is 12.8. The summed E-state index contributed by atoms with van der Waals surface area (Å²) in [6.07, 6.45) is -9.71. The Morgan fingerprint density at radius 3 is 2.16 bits per heavy atom. The van der Waals surface area contributed by atoms with Gasteiger partial charge >= 0.3 is 12.5 Å². The van der Waals surface area contributed by atoms with Crippen LogP contribution in [-0.2, 0) is 12.1 Å². The molecule has 1 aromatic heterocycles. The molecule has 0 atom stereocenters. The lowest BCUT2D eigenvalue weighted by molar-refractivity contribution is -0.276. The zero-order valence-corrected chi connectivity index (χ0v) is 9.95. The number of hydrogen-bond donors (Lipinski definition) is 0. The van der Waals surface area contributed by atoms with E-state index in [0.717, 1.165) is 13.3 Å². The highest BCUT2D eigenvalue weighted by Crippen LogP contribution is 2.45. The standard InChI is InChI=1S/C9H6ClF6NO2/c1-18-7-5(8(11,12)13)6(19-9(14,15)16)4(2-10)3-17-7/h3H,2H2,1H3. The predicted octanol–water partition coefficient (Wildman–Crippen LogP) is 3.75. The van der Waals surface area contributed by atoms with Crippen molar-refractivity contribution in [2.75, 3.05) is 7.11 Å². The molecule has 0 N–H and O–H groups in total. The lowest BCUT2D eigenvalue weighted by Crippen LogP contribution is -2.22. The molecule has 0 radical (unpaired) electrons. The molecule has 3 nitrogen and oxygen atoms in total. The molecule has 0 saturated carbocycles. The fourth-order valence-electron chi connectivity index (χ4n) is 1.25. The quantitative estimate of drug-likeness (QED) is 0.629. The van der Waals surface area contributed by atoms with Crippen molar-refractivity contribution in [1.82, 2.24) is 4.98 Å². The first kappa shape index (κ1) is 15.7. The number of rotatable bonds is 3. The highest BCUT2D eigenvalue weighted by molar-refractivity contribution is 6.17. The monoisotopic (exact) mass is 309 g/mol. The van der Waals surface area contributed by atoms with Crippen molar-refractivity contribution in [1.29, 1.82) is 0 Å². The summed E-state index contributed by atoms with van der Waals surface area (Å²) in [5.41, 5.74) is -2.31. The summed E-state index contributed by atoms with van der Waals surface area (Å²) in [6.45, 7) is 0. The number of ether oxygens (including phenoxy) is 2. The van der Waals surface area contributed by atoms with E-state index in [1.807, 2.05) is 0 Å². The minimum atomic E-state index is -5.30. The Hall–Kier alpha value is -1.38. The largest absolute Gasteiger partial charge is 0.573 e. The van der Waals surface area contributed by atoms with Crippen LogP contribution in [0.15, 0.2) is 6.20 Å². The van der Waals surface area contributed by atoms with Crippen molar-refractivity contribution in [3.63, 3.8) is 0 Å². The van der Waals surface area contributed by atoms with Crippen LogP contribution in [0.2, 0.25) is 0 Å². The van der Waals surface area contributed by atoms with Crippen LogP contribution in [0.25, 0.3) is 0 Å². The zero-order valence-electron chi connectivity index (χ0n) is 9.19. The van der Waals surface area contributed by atoms with Crippen molar-refractivity contribution in [2.24, 2.45) is 0 Å². The van der Waals surface area contributed by atoms with Crippen LogP contribution >= 0.6 is 11.6 Å². The number of nitrogens with zero attached hydrogens (tertiary/aromatic N) is 1. The molecule has 0 spiro atoms. The smallest absolute Gasteiger partial charge is 0.480 e. The van der Waals surface area contributed by atoms with Crippen LogP contribution in [0.1, 0.15) is 11.1 Å². The van der Waals surface area contributed by atoms with Gasteiger partial charge < -0.3 is 9.47 Å². The topological polar surface area (TPSA) is 31.4 Å². The molecule has 0 unspecified atom stereocenters. The Labute approximate surface area is 108 Å². The van der Waals surface area contributed by atoms with Crippen molar-refractivity contribution in [3.05, 3.63) is 17.3 Å². The first-order valence-electron chi connectivity index (χ1n) is 4.55. The van der Waals surface area contributed by atoms with Gasteiger partial charge in [-0.1, -0.05) is 0 Å². The summed E-state index contributed by atoms with van der Waals surface area (Å²) in [5.74, 6) is -3.12. The average Bonchev–Trinajstić information content (AvgIpc) is 2.24. The molecule has 0 aliphatic rings. The van der Waals surface area contributed by atoms with Crippen molar-refractivity contribution in [3.8, 4) is 11.6 Å². The Morgan fingerprint density at radius 2 is 1.79 bits per heavy atom. The van der Waals surface area contributed by atoms with E-state index in [4.69, 9.17) is 11.6 Å². The van der Waals surface area contributed by atoms with Crippen LogP contribution in [0.3, 0.4) is 0 Å². The van der Waals surface area contributed by atoms with Gasteiger partial charge in [0.25, 0.3) is 0 Å². The first-order valence-corrected chi connectivity index (χ1v) is 5.08. The van der Waals surface area contributed by atoms with E-state index in [-0.39, 0.29) is 0 Å². The van der Waals surface area contributed by atoms with E-state index in [0.29, 0.717) is 0 Å². The molecule has 1 rings (SSSR count). The lowest BCUT2D eigenvalue weighted by Gasteiger charge is -2.19. The van der Waals surface area contributed by atoms with E-state index < -0.39 is 41.2 Å². The number of halogens is 7. The molecule has 1 heterocycles. The fraction of sp³-hybridized carbons (Fsp3) is 0.444. The molecule has 0 aliphatic heterocycles. The van der Waals surface area contributed by atoms with Crippen LogP contribution in [0.4, 0.5) is 26.3 Å². The number of hydrogen-bond acceptors (Lipinski definition) is 3. The van der Waals surface area contributed by atoms with Crippen LogP contribution < -0.4 is 9.47 Å². The molecule has 0 aromatic carbocycles. The number of methoxy groups -OCH3 is 1. The van der Waals surface area contributed by atoms with Gasteiger partial charge in [-0.3, -0.25) is 0 Å². The van der Waals surface area contributed by atoms with E-state index >= 15 is 0 Å². The van der Waals surface area contributed by atoms with Gasteiger partial charge in [-0.2, -0.15) is 13.2 Å². The second kappa shape index (κ2) is 5.32. The highest BCUT2D eigenvalue weighted by Gasteiger charge is 2.44. The van der Waals surface area contributed by atoms with Gasteiger partial charge in [0.2, 0.25) is 5.88 Å². The van der Waals surface area contributed by atoms with Crippen molar-refractivity contribution < 1.29 is 35.8 Å². The molecule has 0 fully saturated rings. The normalized spacial score (nSPS) is 12.4. The second-order valence-corrected chi connectivity index (χ2v) is 3.44. The summed E-state index contributed by atoms with van der Waals surface area (Å²) in [6, 6.07) is 0. The summed E-state index contributed by atoms with van der Waals surface area (Å²) in [7, 11) is 0.843. The molecule has 1 aromatic rings. The fourth-order valence-corrected chi connectivity index (χ4v) is 1.44. The Kier molecular flexibility index (Phi) is 4.39. The summed E-state index contributed by atoms with van der Waals surface area (Å²) in [4.78, 5) is 3.25. The third-order valence-corrected chi connectivity index (χ3v) is 2.20. The SMILES string of the molecule is COc1ncc(CCl)c(OC(F)(F)F)c1C(F)(F)F. The van der Waals surface area contributed by atoms with E-state index in [1.165, 1.54) is 0 Å².